The van der Waals surface area contributed by atoms with Gasteiger partial charge in [0.05, 0.1) is 17.9 Å². The molecule has 1 unspecified atom stereocenters. The highest BCUT2D eigenvalue weighted by atomic mass is 28.4. The van der Waals surface area contributed by atoms with E-state index in [1.807, 2.05) is 20.8 Å². The van der Waals surface area contributed by atoms with E-state index >= 15 is 0 Å². The maximum absolute atomic E-state index is 13.4. The van der Waals surface area contributed by atoms with Crippen molar-refractivity contribution >= 4 is 40.4 Å². The molecule has 0 saturated carbocycles. The van der Waals surface area contributed by atoms with Gasteiger partial charge < -0.3 is 18.4 Å². The average molecular weight is 762 g/mol. The van der Waals surface area contributed by atoms with Crippen LogP contribution in [0.25, 0.3) is 0 Å². The van der Waals surface area contributed by atoms with Crippen LogP contribution in [0.2, 0.25) is 36.3 Å². The van der Waals surface area contributed by atoms with E-state index in [2.05, 4.69) is 99.8 Å². The van der Waals surface area contributed by atoms with Gasteiger partial charge in [-0.15, -0.1) is 5.06 Å². The maximum Gasteiger partial charge on any atom is 0.335 e. The summed E-state index contributed by atoms with van der Waals surface area (Å²) in [6.45, 7) is 32.4. The van der Waals surface area contributed by atoms with Crippen LogP contribution in [0.1, 0.15) is 128 Å². The standard InChI is InChI=1S/C41H71NO8Si2/c1-16-41(10,11)38(46)47-33-24-27(2)23-29-18-17-28(3)32(37(29)33)20-19-30(49-51(12,13)39(4,5)6)25-31(50-52(14,15)40(7,8)9)26-36(45)48-42-34(43)21-22-35(42)44/h17-18,23,27-28,30-33,37H,16,19-22,24-26H2,1-15H3/t27-,28-,30+,31+,32-,33-,37?/m0/s1. The molecule has 0 spiro atoms. The summed E-state index contributed by atoms with van der Waals surface area (Å²) in [6, 6.07) is 0. The minimum absolute atomic E-state index is 0.0421. The lowest BCUT2D eigenvalue weighted by atomic mass is 9.65. The maximum atomic E-state index is 13.4. The first-order valence-corrected chi connectivity index (χ1v) is 25.5. The lowest BCUT2D eigenvalue weighted by molar-refractivity contribution is -0.198. The van der Waals surface area contributed by atoms with Crippen molar-refractivity contribution in [2.45, 2.75) is 182 Å². The van der Waals surface area contributed by atoms with Crippen LogP contribution in [0.5, 0.6) is 0 Å². The molecular weight excluding hydrogens is 691 g/mol. The molecule has 3 rings (SSSR count). The number of amides is 2. The monoisotopic (exact) mass is 761 g/mol. The molecule has 7 atom stereocenters. The van der Waals surface area contributed by atoms with Gasteiger partial charge in [0.2, 0.25) is 0 Å². The van der Waals surface area contributed by atoms with Gasteiger partial charge in [0.1, 0.15) is 6.10 Å². The molecule has 52 heavy (non-hydrogen) atoms. The van der Waals surface area contributed by atoms with Crippen LogP contribution in [0.4, 0.5) is 0 Å². The Hall–Kier alpha value is -2.09. The van der Waals surface area contributed by atoms with Crippen LogP contribution in [0.15, 0.2) is 23.8 Å². The smallest absolute Gasteiger partial charge is 0.335 e. The quantitative estimate of drug-likeness (QED) is 0.0923. The number of hydroxylamine groups is 2. The Balaban J connectivity index is 1.95. The van der Waals surface area contributed by atoms with Gasteiger partial charge in [0, 0.05) is 24.9 Å². The highest BCUT2D eigenvalue weighted by Gasteiger charge is 2.46. The first kappa shape index (κ1) is 44.3. The second-order valence-electron chi connectivity index (χ2n) is 19.5. The van der Waals surface area contributed by atoms with Crippen molar-refractivity contribution in [3.8, 4) is 0 Å². The van der Waals surface area contributed by atoms with Crippen LogP contribution >= 0.6 is 0 Å². The number of imide groups is 1. The van der Waals surface area contributed by atoms with Crippen molar-refractivity contribution in [1.82, 2.24) is 5.06 Å². The summed E-state index contributed by atoms with van der Waals surface area (Å²) >= 11 is 0. The molecule has 0 bridgehead atoms. The Morgan fingerprint density at radius 1 is 0.885 bits per heavy atom. The number of carbonyl (C=O) groups excluding carboxylic acids is 4. The van der Waals surface area contributed by atoms with Gasteiger partial charge >= 0.3 is 11.9 Å². The summed E-state index contributed by atoms with van der Waals surface area (Å²) in [5.74, 6) is -0.889. The Labute approximate surface area is 317 Å². The van der Waals surface area contributed by atoms with Crippen molar-refractivity contribution in [1.29, 1.82) is 0 Å². The number of ether oxygens (including phenoxy) is 1. The first-order valence-electron chi connectivity index (χ1n) is 19.7. The summed E-state index contributed by atoms with van der Waals surface area (Å²) in [5, 5.41) is 0.460. The molecule has 0 N–H and O–H groups in total. The number of hydrogen-bond acceptors (Lipinski definition) is 8. The number of nitrogens with zero attached hydrogens (tertiary/aromatic N) is 1. The molecule has 3 aliphatic rings. The number of esters is 1. The van der Waals surface area contributed by atoms with Crippen molar-refractivity contribution in [3.05, 3.63) is 23.8 Å². The van der Waals surface area contributed by atoms with E-state index in [1.165, 1.54) is 5.57 Å². The second kappa shape index (κ2) is 16.7. The van der Waals surface area contributed by atoms with Gasteiger partial charge in [0.15, 0.2) is 16.6 Å². The number of hydrogen-bond donors (Lipinski definition) is 0. The second-order valence-corrected chi connectivity index (χ2v) is 29.0. The Kier molecular flexibility index (Phi) is 14.3. The SMILES string of the molecule is CCC(C)(C)C(=O)O[C@H]1C[C@@H](C)C=C2C=C[C@H](C)[C@H](CC[C@H](C[C@H](CC(=O)ON3C(=O)CCC3=O)O[Si](C)(C)C(C)(C)C)O[Si](C)(C)C(C)(C)C)C21. The van der Waals surface area contributed by atoms with Crippen molar-refractivity contribution in [2.24, 2.45) is 29.1 Å². The molecule has 0 aromatic carbocycles. The number of allylic oxidation sites excluding steroid dienone is 3. The van der Waals surface area contributed by atoms with Gasteiger partial charge in [-0.25, -0.2) is 4.79 Å². The molecular formula is C41H71NO8Si2. The van der Waals surface area contributed by atoms with E-state index in [1.54, 1.807) is 0 Å². The molecule has 296 valence electrons. The first-order chi connectivity index (χ1) is 23.7. The minimum atomic E-state index is -2.37. The third-order valence-corrected chi connectivity index (χ3v) is 21.8. The van der Waals surface area contributed by atoms with E-state index in [0.717, 1.165) is 19.3 Å². The van der Waals surface area contributed by atoms with E-state index < -0.39 is 45.9 Å². The summed E-state index contributed by atoms with van der Waals surface area (Å²) in [5.41, 5.74) is 0.706. The minimum Gasteiger partial charge on any atom is -0.461 e. The fourth-order valence-corrected chi connectivity index (χ4v) is 9.67. The largest absolute Gasteiger partial charge is 0.461 e. The predicted octanol–water partition coefficient (Wildman–Crippen LogP) is 9.69. The number of rotatable bonds is 15. The summed E-state index contributed by atoms with van der Waals surface area (Å²) < 4.78 is 20.5. The molecule has 9 nitrogen and oxygen atoms in total. The molecule has 1 aliphatic heterocycles. The van der Waals surface area contributed by atoms with E-state index in [0.29, 0.717) is 23.8 Å². The zero-order chi connectivity index (χ0) is 39.6. The van der Waals surface area contributed by atoms with Crippen molar-refractivity contribution < 1.29 is 37.6 Å². The molecule has 1 saturated heterocycles. The molecule has 11 heteroatoms. The fourth-order valence-electron chi connectivity index (χ4n) is 6.90. The molecule has 0 radical (unpaired) electrons. The third-order valence-electron chi connectivity index (χ3n) is 12.8. The average Bonchev–Trinajstić information content (AvgIpc) is 3.30. The van der Waals surface area contributed by atoms with Gasteiger partial charge in [-0.3, -0.25) is 14.4 Å². The lowest BCUT2D eigenvalue weighted by Crippen LogP contribution is -2.48. The number of carbonyl (C=O) groups is 4. The highest BCUT2D eigenvalue weighted by molar-refractivity contribution is 6.74. The molecule has 0 aromatic rings. The molecule has 0 aromatic heterocycles. The highest BCUT2D eigenvalue weighted by Crippen LogP contribution is 2.47. The molecule has 2 amide bonds. The van der Waals surface area contributed by atoms with Crippen molar-refractivity contribution in [2.75, 3.05) is 0 Å². The van der Waals surface area contributed by atoms with Gasteiger partial charge in [0.25, 0.3) is 11.8 Å². The topological polar surface area (TPSA) is 108 Å². The van der Waals surface area contributed by atoms with Crippen LogP contribution < -0.4 is 0 Å². The van der Waals surface area contributed by atoms with E-state index in [-0.39, 0.29) is 65.3 Å². The van der Waals surface area contributed by atoms with E-state index in [9.17, 15) is 19.2 Å². The lowest BCUT2D eigenvalue weighted by Gasteiger charge is -2.45. The van der Waals surface area contributed by atoms with Gasteiger partial charge in [-0.1, -0.05) is 80.5 Å². The van der Waals surface area contributed by atoms with Crippen molar-refractivity contribution in [3.63, 3.8) is 0 Å². The third kappa shape index (κ3) is 11.0. The van der Waals surface area contributed by atoms with Crippen LogP contribution in [0, 0.1) is 29.1 Å². The molecule has 1 heterocycles. The Morgan fingerprint density at radius 3 is 1.94 bits per heavy atom. The zero-order valence-corrected chi connectivity index (χ0v) is 37.1. The Bertz CT molecular complexity index is 1360. The molecule has 2 aliphatic carbocycles. The zero-order valence-electron chi connectivity index (χ0n) is 35.1. The van der Waals surface area contributed by atoms with Crippen LogP contribution in [-0.2, 0) is 37.6 Å². The van der Waals surface area contributed by atoms with Gasteiger partial charge in [-0.2, -0.15) is 0 Å². The predicted molar refractivity (Wildman–Crippen MR) is 211 cm³/mol. The summed E-state index contributed by atoms with van der Waals surface area (Å²) in [6.07, 6.45) is 9.49. The van der Waals surface area contributed by atoms with Crippen LogP contribution in [0.3, 0.4) is 0 Å². The normalized spacial score (nSPS) is 25.8. The van der Waals surface area contributed by atoms with Crippen LogP contribution in [-0.4, -0.2) is 63.8 Å². The summed E-state index contributed by atoms with van der Waals surface area (Å²) in [4.78, 5) is 56.7. The molecule has 1 fully saturated rings. The summed E-state index contributed by atoms with van der Waals surface area (Å²) in [7, 11) is -4.65. The van der Waals surface area contributed by atoms with Gasteiger partial charge in [-0.05, 0) is 106 Å². The van der Waals surface area contributed by atoms with E-state index in [4.69, 9.17) is 18.4 Å². The fraction of sp³-hybridized carbons (Fsp3) is 0.805. The Morgan fingerprint density at radius 2 is 1.42 bits per heavy atom. The number of fused-ring (bicyclic) bond motifs is 1.